The molecule has 3 aromatic rings. The number of aliphatic hydroxyl groups excluding tert-OH is 1. The van der Waals surface area contributed by atoms with Crippen molar-refractivity contribution in [3.63, 3.8) is 0 Å². The largest absolute Gasteiger partial charge is 0.512 e. The van der Waals surface area contributed by atoms with E-state index in [2.05, 4.69) is 21.1 Å². The van der Waals surface area contributed by atoms with Crippen LogP contribution in [0.25, 0.3) is 5.78 Å². The van der Waals surface area contributed by atoms with Crippen molar-refractivity contribution < 1.29 is 14.6 Å². The van der Waals surface area contributed by atoms with Crippen molar-refractivity contribution in [2.24, 2.45) is 11.8 Å². The second kappa shape index (κ2) is 11.0. The topological polar surface area (TPSA) is 113 Å². The molecule has 0 radical (unpaired) electrons. The molecular formula is C30H34ClN5O3. The van der Waals surface area contributed by atoms with Gasteiger partial charge in [0.1, 0.15) is 11.4 Å². The van der Waals surface area contributed by atoms with E-state index in [1.165, 1.54) is 0 Å². The highest BCUT2D eigenvalue weighted by Crippen LogP contribution is 2.46. The maximum Gasteiger partial charge on any atom is 0.338 e. The van der Waals surface area contributed by atoms with E-state index in [1.807, 2.05) is 45.0 Å². The molecule has 1 aliphatic heterocycles. The lowest BCUT2D eigenvalue weighted by Gasteiger charge is -2.41. The van der Waals surface area contributed by atoms with Gasteiger partial charge < -0.3 is 9.84 Å². The molecule has 5 rings (SSSR count). The molecule has 204 valence electrons. The fraction of sp³-hybridized carbons (Fsp3) is 0.500. The number of cyclic esters (lactones) is 1. The number of hydrogen-bond acceptors (Lipinski definition) is 7. The summed E-state index contributed by atoms with van der Waals surface area (Å²) in [4.78, 5) is 22.3. The van der Waals surface area contributed by atoms with Gasteiger partial charge in [-0.3, -0.25) is 0 Å². The van der Waals surface area contributed by atoms with Gasteiger partial charge in [0.2, 0.25) is 0 Å². The number of carbonyl (C=O) groups is 1. The van der Waals surface area contributed by atoms with E-state index in [1.54, 1.807) is 4.52 Å². The van der Waals surface area contributed by atoms with Crippen molar-refractivity contribution in [2.75, 3.05) is 0 Å². The number of aromatic nitrogens is 4. The van der Waals surface area contributed by atoms with Crippen molar-refractivity contribution >= 4 is 23.3 Å². The first-order valence-corrected chi connectivity index (χ1v) is 14.1. The maximum absolute atomic E-state index is 13.4. The molecule has 8 nitrogen and oxygen atoms in total. The van der Waals surface area contributed by atoms with Gasteiger partial charge in [-0.15, -0.1) is 5.10 Å². The number of fused-ring (bicyclic) bond motifs is 1. The summed E-state index contributed by atoms with van der Waals surface area (Å²) in [5.41, 5.74) is 3.19. The quantitative estimate of drug-likeness (QED) is 0.346. The Morgan fingerprint density at radius 3 is 2.72 bits per heavy atom. The van der Waals surface area contributed by atoms with Crippen LogP contribution in [-0.4, -0.2) is 36.3 Å². The van der Waals surface area contributed by atoms with Crippen LogP contribution in [0.3, 0.4) is 0 Å². The molecule has 2 aliphatic rings. The first kappa shape index (κ1) is 27.1. The molecule has 0 saturated heterocycles. The second-order valence-electron chi connectivity index (χ2n) is 11.2. The number of halogens is 1. The summed E-state index contributed by atoms with van der Waals surface area (Å²) in [6.45, 7) is 5.70. The maximum atomic E-state index is 13.4. The molecule has 2 unspecified atom stereocenters. The number of rotatable bonds is 8. The summed E-state index contributed by atoms with van der Waals surface area (Å²) in [5, 5.41) is 25.5. The van der Waals surface area contributed by atoms with Crippen LogP contribution in [-0.2, 0) is 28.8 Å². The molecule has 1 N–H and O–H groups in total. The average molecular weight is 548 g/mol. The van der Waals surface area contributed by atoms with Crippen molar-refractivity contribution in [3.05, 3.63) is 69.0 Å². The summed E-state index contributed by atoms with van der Waals surface area (Å²) in [6, 6.07) is 10.1. The fourth-order valence-corrected chi connectivity index (χ4v) is 6.35. The monoisotopic (exact) mass is 547 g/mol. The lowest BCUT2D eigenvalue weighted by atomic mass is 9.76. The third-order valence-electron chi connectivity index (χ3n) is 8.15. The summed E-state index contributed by atoms with van der Waals surface area (Å²) in [7, 11) is 0. The smallest absolute Gasteiger partial charge is 0.338 e. The van der Waals surface area contributed by atoms with Gasteiger partial charge in [-0.05, 0) is 82.1 Å². The number of benzene rings is 1. The van der Waals surface area contributed by atoms with Crippen LogP contribution in [0, 0.1) is 37.0 Å². The molecule has 39 heavy (non-hydrogen) atoms. The van der Waals surface area contributed by atoms with E-state index in [9.17, 15) is 9.90 Å². The number of esters is 1. The molecule has 2 atom stereocenters. The highest BCUT2D eigenvalue weighted by Gasteiger charge is 2.48. The van der Waals surface area contributed by atoms with Gasteiger partial charge in [-0.25, -0.2) is 14.3 Å². The van der Waals surface area contributed by atoms with Crippen LogP contribution in [0.5, 0.6) is 0 Å². The molecule has 3 heterocycles. The zero-order valence-electron chi connectivity index (χ0n) is 22.7. The van der Waals surface area contributed by atoms with E-state index in [4.69, 9.17) is 21.6 Å². The number of ether oxygens (including phenoxy) is 1. The van der Waals surface area contributed by atoms with Crippen LogP contribution in [0.1, 0.15) is 73.8 Å². The van der Waals surface area contributed by atoms with E-state index in [0.717, 1.165) is 48.2 Å². The second-order valence-corrected chi connectivity index (χ2v) is 11.6. The SMILES string of the molecule is Cc1cc(C)n2nc(CC3=C(O)CC(CCc4ccc(CC(C)C#N)c(Cl)c4)(C4CCCC4)OC3=O)nc2n1. The normalized spacial score (nSPS) is 20.8. The van der Waals surface area contributed by atoms with Crippen LogP contribution in [0.15, 0.2) is 35.6 Å². The van der Waals surface area contributed by atoms with Crippen LogP contribution < -0.4 is 0 Å². The Hall–Kier alpha value is -3.44. The summed E-state index contributed by atoms with van der Waals surface area (Å²) in [6.07, 6.45) is 6.38. The van der Waals surface area contributed by atoms with Crippen LogP contribution in [0.4, 0.5) is 0 Å². The van der Waals surface area contributed by atoms with Gasteiger partial charge >= 0.3 is 5.97 Å². The molecule has 2 aromatic heterocycles. The van der Waals surface area contributed by atoms with E-state index in [-0.39, 0.29) is 36.0 Å². The van der Waals surface area contributed by atoms with Gasteiger partial charge in [0, 0.05) is 35.2 Å². The van der Waals surface area contributed by atoms with Crippen molar-refractivity contribution in [2.45, 2.75) is 84.2 Å². The van der Waals surface area contributed by atoms with Crippen LogP contribution in [0.2, 0.25) is 5.02 Å². The number of carbonyl (C=O) groups excluding carboxylic acids is 1. The minimum absolute atomic E-state index is 0.0664. The highest BCUT2D eigenvalue weighted by molar-refractivity contribution is 6.31. The Kier molecular flexibility index (Phi) is 7.64. The molecule has 1 fully saturated rings. The fourth-order valence-electron chi connectivity index (χ4n) is 6.07. The highest BCUT2D eigenvalue weighted by atomic mass is 35.5. The van der Waals surface area contributed by atoms with Crippen molar-refractivity contribution in [1.29, 1.82) is 5.26 Å². The third kappa shape index (κ3) is 5.65. The van der Waals surface area contributed by atoms with Crippen molar-refractivity contribution in [1.82, 2.24) is 19.6 Å². The predicted octanol–water partition coefficient (Wildman–Crippen LogP) is 5.96. The first-order valence-electron chi connectivity index (χ1n) is 13.7. The lowest BCUT2D eigenvalue weighted by molar-refractivity contribution is -0.167. The number of nitriles is 1. The number of aryl methyl sites for hydroxylation is 3. The predicted molar refractivity (Wildman–Crippen MR) is 147 cm³/mol. The molecule has 9 heteroatoms. The minimum Gasteiger partial charge on any atom is -0.512 e. The molecule has 1 aliphatic carbocycles. The lowest BCUT2D eigenvalue weighted by Crippen LogP contribution is -2.46. The van der Waals surface area contributed by atoms with E-state index >= 15 is 0 Å². The van der Waals surface area contributed by atoms with E-state index < -0.39 is 11.6 Å². The molecule has 0 amide bonds. The Labute approximate surface area is 233 Å². The summed E-state index contributed by atoms with van der Waals surface area (Å²) < 4.78 is 7.92. The van der Waals surface area contributed by atoms with Gasteiger partial charge in [0.25, 0.3) is 5.78 Å². The molecule has 0 bridgehead atoms. The average Bonchev–Trinajstić information content (AvgIpc) is 3.57. The number of hydrogen-bond donors (Lipinski definition) is 1. The summed E-state index contributed by atoms with van der Waals surface area (Å²) in [5.74, 6) is 0.549. The molecule has 0 spiro atoms. The number of nitrogens with zero attached hydrogens (tertiary/aromatic N) is 5. The van der Waals surface area contributed by atoms with Crippen molar-refractivity contribution in [3.8, 4) is 6.07 Å². The van der Waals surface area contributed by atoms with Gasteiger partial charge in [0.15, 0.2) is 5.82 Å². The van der Waals surface area contributed by atoms with E-state index in [0.29, 0.717) is 35.9 Å². The molecule has 1 saturated carbocycles. The zero-order valence-corrected chi connectivity index (χ0v) is 23.5. The minimum atomic E-state index is -0.761. The Morgan fingerprint density at radius 1 is 1.26 bits per heavy atom. The Balaban J connectivity index is 1.37. The Morgan fingerprint density at radius 2 is 2.03 bits per heavy atom. The van der Waals surface area contributed by atoms with Gasteiger partial charge in [0.05, 0.1) is 11.6 Å². The van der Waals surface area contributed by atoms with Gasteiger partial charge in [-0.1, -0.05) is 36.6 Å². The number of aliphatic hydroxyl groups is 1. The van der Waals surface area contributed by atoms with Gasteiger partial charge in [-0.2, -0.15) is 10.2 Å². The first-order chi connectivity index (χ1) is 18.7. The third-order valence-corrected chi connectivity index (χ3v) is 8.51. The molecule has 1 aromatic carbocycles. The molecular weight excluding hydrogens is 514 g/mol. The van der Waals surface area contributed by atoms with Crippen LogP contribution >= 0.6 is 11.6 Å². The standard InChI is InChI=1S/C30H34ClN5O3/c1-18(17-32)12-22-9-8-21(14-25(22)31)10-11-30(23-6-4-5-7-23)16-26(37)24(28(38)39-30)15-27-34-29-33-19(2)13-20(3)36(29)35-27/h8-9,13-14,18,23,37H,4-7,10-12,15-16H2,1-3H3. The Bertz CT molecular complexity index is 1480. The zero-order chi connectivity index (χ0) is 27.7. The summed E-state index contributed by atoms with van der Waals surface area (Å²) >= 11 is 6.54.